The van der Waals surface area contributed by atoms with E-state index in [1.165, 1.54) is 63.2 Å². The van der Waals surface area contributed by atoms with E-state index in [0.717, 1.165) is 87.9 Å². The molecule has 1 saturated heterocycles. The zero-order valence-corrected chi connectivity index (χ0v) is 43.2. The van der Waals surface area contributed by atoms with Crippen LogP contribution >= 0.6 is 0 Å². The fourth-order valence-corrected chi connectivity index (χ4v) is 10.4. The minimum absolute atomic E-state index is 0. The molecule has 0 aromatic carbocycles. The van der Waals surface area contributed by atoms with Crippen LogP contribution in [0.1, 0.15) is 187 Å². The summed E-state index contributed by atoms with van der Waals surface area (Å²) in [6.45, 7) is 24.4. The Balaban J connectivity index is 0.00000793. The first-order chi connectivity index (χ1) is 30.6. The van der Waals surface area contributed by atoms with E-state index in [4.69, 9.17) is 29.7 Å². The summed E-state index contributed by atoms with van der Waals surface area (Å²) in [6, 6.07) is 0. The fraction of sp³-hybridized carbons (Fsp3) is 0.600. The third kappa shape index (κ3) is 11.9. The number of hydrogen-bond donors (Lipinski definition) is 1. The van der Waals surface area contributed by atoms with E-state index in [1.807, 2.05) is 13.0 Å². The molecule has 65 heavy (non-hydrogen) atoms. The van der Waals surface area contributed by atoms with E-state index < -0.39 is 18.2 Å². The van der Waals surface area contributed by atoms with Crippen molar-refractivity contribution in [1.82, 2.24) is 15.0 Å². The molecule has 8 bridgehead atoms. The fourth-order valence-electron chi connectivity index (χ4n) is 10.4. The Morgan fingerprint density at radius 2 is 1.43 bits per heavy atom. The van der Waals surface area contributed by atoms with Crippen LogP contribution in [0.5, 0.6) is 0 Å². The van der Waals surface area contributed by atoms with Gasteiger partial charge < -0.3 is 34.8 Å². The Morgan fingerprint density at radius 1 is 0.800 bits per heavy atom. The van der Waals surface area contributed by atoms with Crippen LogP contribution in [0, 0.1) is 56.3 Å². The number of aliphatic hydroxyl groups is 1. The minimum atomic E-state index is -1.18. The van der Waals surface area contributed by atoms with Gasteiger partial charge in [-0.05, 0) is 95.8 Å². The Hall–Kier alpha value is -3.57. The van der Waals surface area contributed by atoms with Crippen LogP contribution in [-0.2, 0) is 27.1 Å². The van der Waals surface area contributed by atoms with E-state index in [0.29, 0.717) is 53.2 Å². The Labute approximate surface area is 406 Å². The predicted molar refractivity (Wildman–Crippen MR) is 265 cm³/mol. The number of aliphatic hydroxyl groups excluding tert-OH is 1. The van der Waals surface area contributed by atoms with E-state index >= 15 is 0 Å². The van der Waals surface area contributed by atoms with Gasteiger partial charge in [-0.3, -0.25) is 9.59 Å². The minimum Gasteiger partial charge on any atom is -0.664 e. The maximum absolute atomic E-state index is 14.4. The Bertz CT molecular complexity index is 2370. The second kappa shape index (κ2) is 23.4. The summed E-state index contributed by atoms with van der Waals surface area (Å²) in [5.41, 5.74) is 11.7. The number of ether oxygens (including phenoxy) is 2. The average Bonchev–Trinajstić information content (AvgIpc) is 3.99. The van der Waals surface area contributed by atoms with Crippen LogP contribution < -0.4 is 25.7 Å². The quantitative estimate of drug-likeness (QED) is 0.0368. The summed E-state index contributed by atoms with van der Waals surface area (Å²) in [6.07, 6.45) is 21.1. The van der Waals surface area contributed by atoms with Gasteiger partial charge in [0.2, 0.25) is 0 Å². The first kappa shape index (κ1) is 52.4. The van der Waals surface area contributed by atoms with Crippen molar-refractivity contribution in [3.05, 3.63) is 95.2 Å². The van der Waals surface area contributed by atoms with E-state index in [-0.39, 0.29) is 40.7 Å². The largest absolute Gasteiger partial charge is 2.00 e. The summed E-state index contributed by atoms with van der Waals surface area (Å²) in [7, 11) is 1.32. The van der Waals surface area contributed by atoms with Crippen molar-refractivity contribution in [2.24, 2.45) is 35.5 Å². The predicted octanol–water partition coefficient (Wildman–Crippen LogP) is 10.1. The van der Waals surface area contributed by atoms with Gasteiger partial charge >= 0.3 is 29.0 Å². The summed E-state index contributed by atoms with van der Waals surface area (Å²) >= 11 is 0. The third-order valence-corrected chi connectivity index (χ3v) is 14.6. The van der Waals surface area contributed by atoms with Crippen LogP contribution in [0.4, 0.5) is 0 Å². The van der Waals surface area contributed by atoms with E-state index in [1.54, 1.807) is 0 Å². The van der Waals surface area contributed by atoms with Gasteiger partial charge in [0.15, 0.2) is 12.1 Å². The van der Waals surface area contributed by atoms with Crippen molar-refractivity contribution in [2.75, 3.05) is 13.7 Å². The molecule has 6 rings (SSSR count). The Morgan fingerprint density at radius 3 is 2.08 bits per heavy atom. The van der Waals surface area contributed by atoms with Crippen molar-refractivity contribution < 1.29 is 24.2 Å². The molecule has 3 aromatic rings. The molecule has 3 aliphatic rings. The van der Waals surface area contributed by atoms with Gasteiger partial charge in [-0.2, -0.15) is 11.4 Å². The number of fused-ring (bicyclic) bond motifs is 7. The molecule has 6 atom stereocenters. The summed E-state index contributed by atoms with van der Waals surface area (Å²) in [4.78, 5) is 43.4. The monoisotopic (exact) mass is 897 g/mol. The molecule has 1 unspecified atom stereocenters. The van der Waals surface area contributed by atoms with Crippen LogP contribution in [-0.4, -0.2) is 59.9 Å². The SMILES string of the molecule is CCc1c2[n-]c(c1C)/C=C1\[N-]/C(=C3\c4[n-]c(c(C)c4C(=O)[C@@H]3C(=O)OC)/C=c3\[n-]/c(c(C)c3CC)=C\2)[C@@H](CCC(O)OC/C=C(\C)CCC[C@H](C)CCC[C@H](C)CCCC(C)C)[C@@H]1C.[Mg+2]. The first-order valence-corrected chi connectivity index (χ1v) is 24.5. The van der Waals surface area contributed by atoms with Crippen molar-refractivity contribution >= 4 is 58.6 Å². The average molecular weight is 898 g/mol. The molecule has 350 valence electrons. The molecule has 1 N–H and O–H groups in total. The second-order valence-corrected chi connectivity index (χ2v) is 19.8. The molecular weight excluding hydrogens is 821 g/mol. The molecule has 1 fully saturated rings. The molecular formula is C55H76MgN4O5-2. The number of methoxy groups -OCH3 is 1. The summed E-state index contributed by atoms with van der Waals surface area (Å²) < 4.78 is 11.3. The molecule has 10 heteroatoms. The maximum Gasteiger partial charge on any atom is 2.00 e. The molecule has 0 saturated carbocycles. The summed E-state index contributed by atoms with van der Waals surface area (Å²) in [5, 5.41) is 18.2. The van der Waals surface area contributed by atoms with Gasteiger partial charge in [0.1, 0.15) is 5.92 Å². The molecule has 9 nitrogen and oxygen atoms in total. The number of rotatable bonds is 21. The zero-order valence-electron chi connectivity index (χ0n) is 41.8. The molecule has 1 aliphatic carbocycles. The van der Waals surface area contributed by atoms with Crippen molar-refractivity contribution in [3.63, 3.8) is 0 Å². The van der Waals surface area contributed by atoms with Crippen molar-refractivity contribution in [1.29, 1.82) is 0 Å². The second-order valence-electron chi connectivity index (χ2n) is 19.8. The number of carbonyl (C=O) groups excluding carboxylic acids is 2. The molecule has 2 aliphatic heterocycles. The standard InChI is InChI=1S/C55H77N4O5.Mg/c1-13-39-35(8)42-28-44-37(10)41(24-25-48(60)64-27-26-34(7)23-17-22-33(6)21-16-20-32(5)19-15-18-31(3)4)52(58-44)50-51(55(62)63-12)54(61)49-38(11)45(59-53(49)50)30-47-40(14-2)36(9)43(57-47)29-46(39)56-42;/h26,28-33,37,41,48,51,60H,13-25,27H2,1-12H3,(H-,58,59,61);/q-3;+2/p-1/b34-26+,43-29-,44-28-,47-30-;/t32-,33-,37+,41+,48?,51-;/m1./s1. The van der Waals surface area contributed by atoms with Crippen LogP contribution in [0.3, 0.4) is 0 Å². The zero-order chi connectivity index (χ0) is 46.4. The Kier molecular flexibility index (Phi) is 18.9. The number of aromatic nitrogens is 3. The number of Topliss-reactive ketones (excluding diaryl/α,β-unsaturated/α-hetero) is 1. The first-order valence-electron chi connectivity index (χ1n) is 24.5. The van der Waals surface area contributed by atoms with Crippen molar-refractivity contribution in [3.8, 4) is 0 Å². The number of hydrogen-bond acceptors (Lipinski definition) is 5. The van der Waals surface area contributed by atoms with Crippen LogP contribution in [0.15, 0.2) is 23.0 Å². The van der Waals surface area contributed by atoms with Gasteiger partial charge in [0.05, 0.1) is 13.7 Å². The number of carbonyl (C=O) groups is 2. The molecule has 0 spiro atoms. The number of allylic oxidation sites excluding steroid dienone is 3. The molecule has 3 aromatic heterocycles. The van der Waals surface area contributed by atoms with E-state index in [2.05, 4.69) is 87.5 Å². The van der Waals surface area contributed by atoms with E-state index in [9.17, 15) is 14.7 Å². The topological polar surface area (TPSA) is 129 Å². The maximum atomic E-state index is 14.4. The van der Waals surface area contributed by atoms with Crippen LogP contribution in [0.2, 0.25) is 0 Å². The van der Waals surface area contributed by atoms with Gasteiger partial charge in [-0.1, -0.05) is 157 Å². The van der Waals surface area contributed by atoms with Gasteiger partial charge in [0.25, 0.3) is 0 Å². The van der Waals surface area contributed by atoms with Gasteiger partial charge in [-0.15, -0.1) is 33.5 Å². The number of nitrogens with zero attached hydrogens (tertiary/aromatic N) is 4. The third-order valence-electron chi connectivity index (χ3n) is 14.6. The number of ketones is 1. The van der Waals surface area contributed by atoms with Crippen LogP contribution in [0.25, 0.3) is 29.1 Å². The molecule has 0 amide bonds. The van der Waals surface area contributed by atoms with Crippen molar-refractivity contribution in [2.45, 2.75) is 166 Å². The summed E-state index contributed by atoms with van der Waals surface area (Å²) in [5.74, 6) is -0.134. The molecule has 5 heterocycles. The van der Waals surface area contributed by atoms with Gasteiger partial charge in [-0.25, -0.2) is 0 Å². The smallest absolute Gasteiger partial charge is 0.664 e. The molecule has 0 radical (unpaired) electrons. The van der Waals surface area contributed by atoms with Gasteiger partial charge in [0, 0.05) is 5.56 Å². The normalized spacial score (nSPS) is 22.4. The number of esters is 1.